The first kappa shape index (κ1) is 9.51. The van der Waals surface area contributed by atoms with Crippen LogP contribution in [-0.4, -0.2) is 47.6 Å². The van der Waals surface area contributed by atoms with Crippen LogP contribution in [0.4, 0.5) is 0 Å². The van der Waals surface area contributed by atoms with E-state index in [1.54, 1.807) is 0 Å². The molecule has 0 radical (unpaired) electrons. The molecule has 0 aromatic heterocycles. The Morgan fingerprint density at radius 3 is 2.42 bits per heavy atom. The van der Waals surface area contributed by atoms with E-state index in [-0.39, 0.29) is 15.0 Å². The van der Waals surface area contributed by atoms with Gasteiger partial charge in [0, 0.05) is 0 Å². The average Bonchev–Trinajstić information content (AvgIpc) is 2.33. The van der Waals surface area contributed by atoms with Gasteiger partial charge in [-0.05, 0) is 0 Å². The first-order chi connectivity index (χ1) is 5.46. The monoisotopic (exact) mass is 239 g/mol. The summed E-state index contributed by atoms with van der Waals surface area (Å²) >= 11 is -0.193. The van der Waals surface area contributed by atoms with E-state index in [1.165, 1.54) is 6.92 Å². The number of carboxylic acid groups (broad SMARTS) is 2. The quantitative estimate of drug-likeness (QED) is 0.535. The van der Waals surface area contributed by atoms with Crippen molar-refractivity contribution in [1.82, 2.24) is 5.32 Å². The molecule has 0 spiro atoms. The zero-order valence-corrected chi connectivity index (χ0v) is 8.12. The van der Waals surface area contributed by atoms with Gasteiger partial charge < -0.3 is 0 Å². The molecule has 0 aromatic carbocycles. The van der Waals surface area contributed by atoms with Gasteiger partial charge in [0.2, 0.25) is 0 Å². The molecule has 1 fully saturated rings. The topological polar surface area (TPSA) is 86.6 Å². The van der Waals surface area contributed by atoms with Crippen molar-refractivity contribution >= 4 is 26.9 Å². The second kappa shape index (κ2) is 3.05. The molecule has 2 atom stereocenters. The number of hydrogen-bond donors (Lipinski definition) is 3. The molecule has 1 aliphatic heterocycles. The zero-order valence-electron chi connectivity index (χ0n) is 6.40. The van der Waals surface area contributed by atoms with Gasteiger partial charge in [0.15, 0.2) is 0 Å². The molecule has 1 heterocycles. The summed E-state index contributed by atoms with van der Waals surface area (Å²) in [6.07, 6.45) is 0. The van der Waals surface area contributed by atoms with Gasteiger partial charge in [0.05, 0.1) is 0 Å². The van der Waals surface area contributed by atoms with E-state index in [0.717, 1.165) is 0 Å². The van der Waals surface area contributed by atoms with Gasteiger partial charge in [0.1, 0.15) is 0 Å². The van der Waals surface area contributed by atoms with Gasteiger partial charge in [0.25, 0.3) is 0 Å². The second-order valence-corrected chi connectivity index (χ2v) is 5.70. The van der Waals surface area contributed by atoms with Gasteiger partial charge in [-0.1, -0.05) is 0 Å². The summed E-state index contributed by atoms with van der Waals surface area (Å²) in [5, 5.41) is 20.3. The Kier molecular flexibility index (Phi) is 2.41. The number of carboxylic acids is 2. The van der Waals surface area contributed by atoms with Crippen LogP contribution in [0.1, 0.15) is 6.92 Å². The summed E-state index contributed by atoms with van der Waals surface area (Å²) in [5.41, 5.74) is 0. The molecular weight excluding hydrogens is 229 g/mol. The van der Waals surface area contributed by atoms with Crippen LogP contribution in [0.3, 0.4) is 0 Å². The summed E-state index contributed by atoms with van der Waals surface area (Å²) < 4.78 is -1.00. The molecule has 5 nitrogen and oxygen atoms in total. The zero-order chi connectivity index (χ0) is 9.35. The summed E-state index contributed by atoms with van der Waals surface area (Å²) in [7, 11) is 0. The molecule has 0 saturated carbocycles. The van der Waals surface area contributed by atoms with E-state index in [1.807, 2.05) is 0 Å². The van der Waals surface area contributed by atoms with Crippen molar-refractivity contribution in [2.24, 2.45) is 0 Å². The molecule has 0 unspecified atom stereocenters. The van der Waals surface area contributed by atoms with Crippen molar-refractivity contribution in [3.63, 3.8) is 0 Å². The van der Waals surface area contributed by atoms with Crippen molar-refractivity contribution < 1.29 is 19.8 Å². The Bertz CT molecular complexity index is 232. The molecule has 1 aliphatic rings. The molecule has 0 amide bonds. The first-order valence-corrected chi connectivity index (χ1v) is 5.40. The summed E-state index contributed by atoms with van der Waals surface area (Å²) in [6, 6.07) is -0.689. The van der Waals surface area contributed by atoms with Crippen LogP contribution in [0.5, 0.6) is 0 Å². The third-order valence-electron chi connectivity index (χ3n) is 1.69. The normalized spacial score (nSPS) is 34.9. The minimum absolute atomic E-state index is 0.193. The number of rotatable bonds is 2. The minimum atomic E-state index is -1.00. The van der Waals surface area contributed by atoms with Crippen molar-refractivity contribution in [3.05, 3.63) is 0 Å². The first-order valence-electron chi connectivity index (χ1n) is 3.33. The Morgan fingerprint density at radius 2 is 2.17 bits per heavy atom. The average molecular weight is 238 g/mol. The van der Waals surface area contributed by atoms with E-state index in [4.69, 9.17) is 10.2 Å². The van der Waals surface area contributed by atoms with Gasteiger partial charge in [-0.3, -0.25) is 0 Å². The van der Waals surface area contributed by atoms with Gasteiger partial charge >= 0.3 is 74.7 Å². The molecule has 0 aromatic rings. The Balaban J connectivity index is 2.67. The Labute approximate surface area is 75.3 Å². The van der Waals surface area contributed by atoms with Gasteiger partial charge in [-0.2, -0.15) is 0 Å². The van der Waals surface area contributed by atoms with Crippen LogP contribution in [0, 0.1) is 0 Å². The van der Waals surface area contributed by atoms with Crippen LogP contribution in [0.15, 0.2) is 0 Å². The van der Waals surface area contributed by atoms with E-state index < -0.39 is 22.4 Å². The molecule has 0 bridgehead atoms. The van der Waals surface area contributed by atoms with E-state index in [0.29, 0.717) is 5.32 Å². The molecule has 0 aliphatic carbocycles. The van der Waals surface area contributed by atoms with Crippen molar-refractivity contribution in [2.45, 2.75) is 22.7 Å². The van der Waals surface area contributed by atoms with Gasteiger partial charge in [-0.25, -0.2) is 0 Å². The molecular formula is C6H9NO4Se. The predicted molar refractivity (Wildman–Crippen MR) is 41.2 cm³/mol. The fourth-order valence-corrected chi connectivity index (χ4v) is 3.18. The van der Waals surface area contributed by atoms with Gasteiger partial charge in [-0.15, -0.1) is 0 Å². The van der Waals surface area contributed by atoms with Crippen LogP contribution >= 0.6 is 0 Å². The fraction of sp³-hybridized carbons (Fsp3) is 0.667. The van der Waals surface area contributed by atoms with Crippen LogP contribution in [-0.2, 0) is 9.59 Å². The predicted octanol–water partition coefficient (Wildman–Crippen LogP) is -1.03. The number of hydrogen-bond acceptors (Lipinski definition) is 3. The summed E-state index contributed by atoms with van der Waals surface area (Å²) in [6.45, 7) is 1.53. The SMILES string of the molecule is C[C@@]1(C(=O)O)N[C@H](C(=O)O)C[Se]1. The maximum absolute atomic E-state index is 10.7. The number of nitrogens with one attached hydrogen (secondary N) is 1. The maximum atomic E-state index is 10.7. The summed E-state index contributed by atoms with van der Waals surface area (Å²) in [4.78, 5) is 21.1. The molecule has 12 heavy (non-hydrogen) atoms. The summed E-state index contributed by atoms with van der Waals surface area (Å²) in [5.74, 6) is -1.94. The Hall–Kier alpha value is -0.581. The van der Waals surface area contributed by atoms with Crippen LogP contribution in [0.25, 0.3) is 0 Å². The number of aliphatic carboxylic acids is 2. The van der Waals surface area contributed by atoms with Crippen molar-refractivity contribution in [3.8, 4) is 0 Å². The van der Waals surface area contributed by atoms with Crippen LogP contribution < -0.4 is 5.32 Å². The molecule has 68 valence electrons. The molecule has 1 saturated heterocycles. The molecule has 3 N–H and O–H groups in total. The second-order valence-electron chi connectivity index (χ2n) is 2.68. The van der Waals surface area contributed by atoms with E-state index >= 15 is 0 Å². The molecule has 1 rings (SSSR count). The van der Waals surface area contributed by atoms with E-state index in [9.17, 15) is 9.59 Å². The van der Waals surface area contributed by atoms with Crippen molar-refractivity contribution in [2.75, 3.05) is 0 Å². The molecule has 6 heteroatoms. The van der Waals surface area contributed by atoms with Crippen LogP contribution in [0.2, 0.25) is 5.32 Å². The van der Waals surface area contributed by atoms with Crippen molar-refractivity contribution in [1.29, 1.82) is 0 Å². The Morgan fingerprint density at radius 1 is 1.58 bits per heavy atom. The fourth-order valence-electron chi connectivity index (χ4n) is 0.922. The number of carbonyl (C=O) groups is 2. The van der Waals surface area contributed by atoms with E-state index in [2.05, 4.69) is 5.32 Å². The standard InChI is InChI=1S/C6H9NO4Se/c1-6(5(10)11)7-3(2-12-6)4(8)9/h3,7H,2H2,1H3,(H,8,9)(H,10,11)/t3-,6+/m0/s1. The third-order valence-corrected chi connectivity index (χ3v) is 4.57. The third kappa shape index (κ3) is 1.60.